The van der Waals surface area contributed by atoms with Gasteiger partial charge in [0, 0.05) is 0 Å². The summed E-state index contributed by atoms with van der Waals surface area (Å²) >= 11 is 0. The second kappa shape index (κ2) is 4.81. The molecule has 128 valence electrons. The predicted molar refractivity (Wildman–Crippen MR) is 107 cm³/mol. The van der Waals surface area contributed by atoms with Gasteiger partial charge < -0.3 is 9.52 Å². The molecule has 0 unspecified atom stereocenters. The molecule has 1 heterocycles. The monoisotopic (exact) mass is 352 g/mol. The SMILES string of the molecule is O=c1oc(=O)c2c1cc1c3cccc4ccc(CO)c(c5cccc2c15)c43. The molecule has 0 aliphatic carbocycles. The Bertz CT molecular complexity index is 1640. The number of rotatable bonds is 1. The van der Waals surface area contributed by atoms with Gasteiger partial charge in [0.05, 0.1) is 17.4 Å². The minimum Gasteiger partial charge on any atom is -0.392 e. The molecular weight excluding hydrogens is 340 g/mol. The second-order valence-electron chi connectivity index (χ2n) is 6.91. The molecule has 0 amide bonds. The van der Waals surface area contributed by atoms with Crippen LogP contribution in [0, 0.1) is 0 Å². The molecule has 27 heavy (non-hydrogen) atoms. The molecule has 0 bridgehead atoms. The van der Waals surface area contributed by atoms with Gasteiger partial charge in [0.1, 0.15) is 0 Å². The maximum absolute atomic E-state index is 12.3. The lowest BCUT2D eigenvalue weighted by molar-refractivity contribution is 0.283. The van der Waals surface area contributed by atoms with Crippen molar-refractivity contribution in [3.63, 3.8) is 0 Å². The van der Waals surface area contributed by atoms with E-state index in [1.165, 1.54) is 0 Å². The summed E-state index contributed by atoms with van der Waals surface area (Å²) in [4.78, 5) is 24.5. The molecule has 0 atom stereocenters. The molecule has 4 heteroatoms. The fourth-order valence-electron chi connectivity index (χ4n) is 4.56. The molecule has 4 nitrogen and oxygen atoms in total. The van der Waals surface area contributed by atoms with Gasteiger partial charge in [-0.15, -0.1) is 0 Å². The third kappa shape index (κ3) is 1.66. The summed E-state index contributed by atoms with van der Waals surface area (Å²) in [6.07, 6.45) is 0. The van der Waals surface area contributed by atoms with Crippen molar-refractivity contribution >= 4 is 53.9 Å². The second-order valence-corrected chi connectivity index (χ2v) is 6.91. The highest BCUT2D eigenvalue weighted by Gasteiger charge is 2.20. The van der Waals surface area contributed by atoms with Crippen LogP contribution < -0.4 is 11.3 Å². The average molecular weight is 352 g/mol. The molecular formula is C23H12O4. The topological polar surface area (TPSA) is 67.5 Å². The van der Waals surface area contributed by atoms with Crippen molar-refractivity contribution in [1.29, 1.82) is 0 Å². The summed E-state index contributed by atoms with van der Waals surface area (Å²) in [5, 5.41) is 18.2. The maximum atomic E-state index is 12.3. The summed E-state index contributed by atoms with van der Waals surface area (Å²) in [6, 6.07) is 17.5. The third-order valence-electron chi connectivity index (χ3n) is 5.63. The molecule has 0 aliphatic rings. The van der Waals surface area contributed by atoms with Crippen molar-refractivity contribution in [3.05, 3.63) is 81.0 Å². The van der Waals surface area contributed by atoms with E-state index in [2.05, 4.69) is 0 Å². The Morgan fingerprint density at radius 2 is 1.41 bits per heavy atom. The van der Waals surface area contributed by atoms with Gasteiger partial charge in [-0.3, -0.25) is 0 Å². The van der Waals surface area contributed by atoms with Gasteiger partial charge in [0.15, 0.2) is 0 Å². The zero-order valence-corrected chi connectivity index (χ0v) is 14.1. The van der Waals surface area contributed by atoms with E-state index in [1.807, 2.05) is 48.5 Å². The molecule has 0 fully saturated rings. The molecule has 0 radical (unpaired) electrons. The van der Waals surface area contributed by atoms with Crippen LogP contribution in [-0.2, 0) is 6.61 Å². The quantitative estimate of drug-likeness (QED) is 0.357. The van der Waals surface area contributed by atoms with E-state index >= 15 is 0 Å². The van der Waals surface area contributed by atoms with Crippen LogP contribution in [0.2, 0.25) is 0 Å². The lowest BCUT2D eigenvalue weighted by Gasteiger charge is -2.16. The Hall–Kier alpha value is -3.50. The minimum atomic E-state index is -0.599. The predicted octanol–water partition coefficient (Wildman–Crippen LogP) is 4.13. The van der Waals surface area contributed by atoms with Gasteiger partial charge in [-0.2, -0.15) is 0 Å². The number of fused-ring (bicyclic) bond motifs is 4. The van der Waals surface area contributed by atoms with Gasteiger partial charge in [0.2, 0.25) is 0 Å². The Morgan fingerprint density at radius 3 is 2.22 bits per heavy atom. The average Bonchev–Trinajstić information content (AvgIpc) is 2.99. The fraction of sp³-hybridized carbons (Fsp3) is 0.0435. The zero-order valence-electron chi connectivity index (χ0n) is 14.1. The number of hydrogen-bond donors (Lipinski definition) is 1. The highest BCUT2D eigenvalue weighted by molar-refractivity contribution is 6.36. The molecule has 0 saturated heterocycles. The van der Waals surface area contributed by atoms with E-state index in [4.69, 9.17) is 4.42 Å². The lowest BCUT2D eigenvalue weighted by Crippen LogP contribution is -1.95. The first kappa shape index (κ1) is 14.6. The summed E-state index contributed by atoms with van der Waals surface area (Å²) < 4.78 is 4.88. The number of furan rings is 1. The van der Waals surface area contributed by atoms with Gasteiger partial charge in [-0.1, -0.05) is 48.5 Å². The van der Waals surface area contributed by atoms with E-state index in [-0.39, 0.29) is 6.61 Å². The van der Waals surface area contributed by atoms with Crippen molar-refractivity contribution in [1.82, 2.24) is 0 Å². The van der Waals surface area contributed by atoms with E-state index in [0.29, 0.717) is 16.2 Å². The van der Waals surface area contributed by atoms with Crippen LogP contribution >= 0.6 is 0 Å². The molecule has 1 aromatic heterocycles. The van der Waals surface area contributed by atoms with E-state index in [1.54, 1.807) is 6.07 Å². The third-order valence-corrected chi connectivity index (χ3v) is 5.63. The number of benzene rings is 5. The van der Waals surface area contributed by atoms with Crippen LogP contribution in [-0.4, -0.2) is 5.11 Å². The minimum absolute atomic E-state index is 0.0726. The maximum Gasteiger partial charge on any atom is 0.347 e. The molecule has 0 aliphatic heterocycles. The Labute approximate surface area is 151 Å². The van der Waals surface area contributed by atoms with Gasteiger partial charge >= 0.3 is 11.3 Å². The van der Waals surface area contributed by atoms with Crippen LogP contribution in [0.25, 0.3) is 53.9 Å². The van der Waals surface area contributed by atoms with Crippen molar-refractivity contribution in [3.8, 4) is 0 Å². The highest BCUT2D eigenvalue weighted by Crippen LogP contribution is 2.42. The first-order chi connectivity index (χ1) is 13.2. The Kier molecular flexibility index (Phi) is 2.61. The van der Waals surface area contributed by atoms with Gasteiger partial charge in [-0.05, 0) is 54.7 Å². The Morgan fingerprint density at radius 1 is 0.667 bits per heavy atom. The van der Waals surface area contributed by atoms with Crippen molar-refractivity contribution < 1.29 is 9.52 Å². The normalized spacial score (nSPS) is 12.3. The highest BCUT2D eigenvalue weighted by atomic mass is 16.4. The number of aliphatic hydroxyl groups excluding tert-OH is 1. The van der Waals surface area contributed by atoms with Crippen LogP contribution in [0.3, 0.4) is 0 Å². The number of aliphatic hydroxyl groups is 1. The molecule has 1 N–H and O–H groups in total. The largest absolute Gasteiger partial charge is 0.392 e. The zero-order chi connectivity index (χ0) is 18.3. The fourth-order valence-corrected chi connectivity index (χ4v) is 4.56. The smallest absolute Gasteiger partial charge is 0.347 e. The van der Waals surface area contributed by atoms with Crippen molar-refractivity contribution in [2.24, 2.45) is 0 Å². The number of hydrogen-bond acceptors (Lipinski definition) is 4. The van der Waals surface area contributed by atoms with Crippen molar-refractivity contribution in [2.45, 2.75) is 6.61 Å². The molecule has 6 aromatic rings. The molecule has 5 aromatic carbocycles. The van der Waals surface area contributed by atoms with Crippen LogP contribution in [0.5, 0.6) is 0 Å². The van der Waals surface area contributed by atoms with E-state index in [0.717, 1.165) is 43.3 Å². The molecule has 0 saturated carbocycles. The van der Waals surface area contributed by atoms with Gasteiger partial charge in [-0.25, -0.2) is 9.59 Å². The first-order valence-corrected chi connectivity index (χ1v) is 8.71. The molecule has 6 rings (SSSR count). The summed E-state index contributed by atoms with van der Waals surface area (Å²) in [5.74, 6) is 0. The van der Waals surface area contributed by atoms with Crippen LogP contribution in [0.4, 0.5) is 0 Å². The van der Waals surface area contributed by atoms with Gasteiger partial charge in [0.25, 0.3) is 0 Å². The van der Waals surface area contributed by atoms with E-state index in [9.17, 15) is 14.7 Å². The van der Waals surface area contributed by atoms with Crippen LogP contribution in [0.1, 0.15) is 5.56 Å². The Balaban J connectivity index is 2.11. The summed E-state index contributed by atoms with van der Waals surface area (Å²) in [6.45, 7) is -0.0726. The summed E-state index contributed by atoms with van der Waals surface area (Å²) in [5.41, 5.74) is -0.356. The molecule has 0 spiro atoms. The first-order valence-electron chi connectivity index (χ1n) is 8.71. The van der Waals surface area contributed by atoms with E-state index < -0.39 is 11.3 Å². The summed E-state index contributed by atoms with van der Waals surface area (Å²) in [7, 11) is 0. The van der Waals surface area contributed by atoms with Crippen LogP contribution in [0.15, 0.2) is 68.6 Å². The standard InChI is InChI=1S/C23H12O4/c24-10-12-8-7-11-3-1-4-13-16-9-17-21(23(26)27-22(17)25)15-6-2-5-14(20(15)16)19(12)18(11)13/h1-9,24H,10H2. The van der Waals surface area contributed by atoms with Crippen molar-refractivity contribution in [2.75, 3.05) is 0 Å². The lowest BCUT2D eigenvalue weighted by atomic mass is 9.86.